The number of pyridine rings is 1. The van der Waals surface area contributed by atoms with Crippen LogP contribution in [-0.2, 0) is 15.8 Å². The number of anilines is 1. The Labute approximate surface area is 116 Å². The number of nitrogens with zero attached hydrogens (tertiary/aromatic N) is 1. The minimum absolute atomic E-state index is 0.232. The van der Waals surface area contributed by atoms with Gasteiger partial charge in [-0.25, -0.2) is 13.6 Å². The van der Waals surface area contributed by atoms with Gasteiger partial charge in [0.15, 0.2) is 0 Å². The van der Waals surface area contributed by atoms with Gasteiger partial charge < -0.3 is 5.32 Å². The van der Waals surface area contributed by atoms with Crippen LogP contribution in [-0.4, -0.2) is 19.3 Å². The molecule has 0 atom stereocenters. The SMILES string of the molecule is NS(=O)(=O)Cc1ccc(NC(=O)c2cccnc2)cc1. The summed E-state index contributed by atoms with van der Waals surface area (Å²) in [7, 11) is -3.55. The smallest absolute Gasteiger partial charge is 0.257 e. The van der Waals surface area contributed by atoms with E-state index in [-0.39, 0.29) is 11.7 Å². The molecule has 3 N–H and O–H groups in total. The lowest BCUT2D eigenvalue weighted by Crippen LogP contribution is -2.15. The van der Waals surface area contributed by atoms with Crippen LogP contribution in [0.5, 0.6) is 0 Å². The summed E-state index contributed by atoms with van der Waals surface area (Å²) in [6.07, 6.45) is 3.05. The zero-order valence-electron chi connectivity index (χ0n) is 10.5. The molecule has 1 aromatic heterocycles. The van der Waals surface area contributed by atoms with E-state index in [1.807, 2.05) is 0 Å². The van der Waals surface area contributed by atoms with Crippen molar-refractivity contribution < 1.29 is 13.2 Å². The molecule has 0 aliphatic carbocycles. The number of sulfonamides is 1. The third-order valence-electron chi connectivity index (χ3n) is 2.50. The number of benzene rings is 1. The van der Waals surface area contributed by atoms with Crippen molar-refractivity contribution in [1.29, 1.82) is 0 Å². The molecule has 1 heterocycles. The Balaban J connectivity index is 2.06. The van der Waals surface area contributed by atoms with Crippen LogP contribution in [0, 0.1) is 0 Å². The molecule has 6 nitrogen and oxygen atoms in total. The maximum Gasteiger partial charge on any atom is 0.257 e. The normalized spacial score (nSPS) is 11.1. The Hall–Kier alpha value is -2.25. The molecule has 20 heavy (non-hydrogen) atoms. The molecule has 1 amide bonds. The summed E-state index contributed by atoms with van der Waals surface area (Å²) in [6.45, 7) is 0. The number of primary sulfonamides is 1. The molecule has 0 aliphatic rings. The molecule has 0 unspecified atom stereocenters. The van der Waals surface area contributed by atoms with Gasteiger partial charge in [0, 0.05) is 18.1 Å². The van der Waals surface area contributed by atoms with Crippen molar-refractivity contribution in [2.45, 2.75) is 5.75 Å². The highest BCUT2D eigenvalue weighted by molar-refractivity contribution is 7.88. The minimum Gasteiger partial charge on any atom is -0.322 e. The van der Waals surface area contributed by atoms with E-state index in [1.165, 1.54) is 6.20 Å². The van der Waals surface area contributed by atoms with Crippen LogP contribution in [0.4, 0.5) is 5.69 Å². The first-order valence-corrected chi connectivity index (χ1v) is 7.46. The molecule has 7 heteroatoms. The molecule has 1 aromatic carbocycles. The van der Waals surface area contributed by atoms with E-state index in [9.17, 15) is 13.2 Å². The molecule has 2 aromatic rings. The largest absolute Gasteiger partial charge is 0.322 e. The Kier molecular flexibility index (Phi) is 4.11. The van der Waals surface area contributed by atoms with Crippen LogP contribution >= 0.6 is 0 Å². The van der Waals surface area contributed by atoms with Crippen molar-refractivity contribution in [3.05, 3.63) is 59.9 Å². The van der Waals surface area contributed by atoms with Gasteiger partial charge in [-0.05, 0) is 29.8 Å². The summed E-state index contributed by atoms with van der Waals surface area (Å²) in [5.74, 6) is -0.513. The van der Waals surface area contributed by atoms with Crippen LogP contribution in [0.2, 0.25) is 0 Å². The quantitative estimate of drug-likeness (QED) is 0.881. The topological polar surface area (TPSA) is 102 Å². The predicted molar refractivity (Wildman–Crippen MR) is 75.4 cm³/mol. The first-order valence-electron chi connectivity index (χ1n) is 5.75. The number of aromatic nitrogens is 1. The van der Waals surface area contributed by atoms with Crippen LogP contribution in [0.3, 0.4) is 0 Å². The molecule has 2 rings (SSSR count). The van der Waals surface area contributed by atoms with Gasteiger partial charge >= 0.3 is 0 Å². The van der Waals surface area contributed by atoms with Gasteiger partial charge in [-0.15, -0.1) is 0 Å². The molecule has 0 saturated heterocycles. The summed E-state index contributed by atoms with van der Waals surface area (Å²) in [4.78, 5) is 15.7. The van der Waals surface area contributed by atoms with Crippen molar-refractivity contribution in [3.63, 3.8) is 0 Å². The summed E-state index contributed by atoms with van der Waals surface area (Å²) < 4.78 is 21.9. The van der Waals surface area contributed by atoms with Crippen LogP contribution in [0.15, 0.2) is 48.8 Å². The fourth-order valence-corrected chi connectivity index (χ4v) is 2.27. The van der Waals surface area contributed by atoms with E-state index in [2.05, 4.69) is 10.3 Å². The monoisotopic (exact) mass is 291 g/mol. The zero-order chi connectivity index (χ0) is 14.6. The van der Waals surface area contributed by atoms with Gasteiger partial charge in [0.25, 0.3) is 5.91 Å². The van der Waals surface area contributed by atoms with E-state index >= 15 is 0 Å². The first kappa shape index (κ1) is 14.2. The van der Waals surface area contributed by atoms with Crippen molar-refractivity contribution in [2.24, 2.45) is 5.14 Å². The number of hydrogen-bond donors (Lipinski definition) is 2. The van der Waals surface area contributed by atoms with Crippen LogP contribution < -0.4 is 10.5 Å². The van der Waals surface area contributed by atoms with Crippen molar-refractivity contribution >= 4 is 21.6 Å². The van der Waals surface area contributed by atoms with Crippen molar-refractivity contribution in [3.8, 4) is 0 Å². The molecule has 0 saturated carbocycles. The second kappa shape index (κ2) is 5.81. The Bertz CT molecular complexity index is 697. The van der Waals surface area contributed by atoms with Gasteiger partial charge in [0.05, 0.1) is 11.3 Å². The molecular formula is C13H13N3O3S. The maximum atomic E-state index is 11.9. The molecule has 0 fully saturated rings. The second-order valence-corrected chi connectivity index (χ2v) is 5.81. The maximum absolute atomic E-state index is 11.9. The molecule has 0 bridgehead atoms. The lowest BCUT2D eigenvalue weighted by molar-refractivity contribution is 0.102. The Morgan fingerprint density at radius 3 is 2.45 bits per heavy atom. The highest BCUT2D eigenvalue weighted by Crippen LogP contribution is 2.12. The summed E-state index contributed by atoms with van der Waals surface area (Å²) in [5.41, 5.74) is 1.57. The molecule has 0 radical (unpaired) electrons. The zero-order valence-corrected chi connectivity index (χ0v) is 11.3. The van der Waals surface area contributed by atoms with Crippen LogP contribution in [0.25, 0.3) is 0 Å². The average molecular weight is 291 g/mol. The average Bonchev–Trinajstić information content (AvgIpc) is 2.40. The summed E-state index contributed by atoms with van der Waals surface area (Å²) >= 11 is 0. The number of nitrogens with two attached hydrogens (primary N) is 1. The number of hydrogen-bond acceptors (Lipinski definition) is 4. The van der Waals surface area contributed by atoms with Gasteiger partial charge in [-0.2, -0.15) is 0 Å². The first-order chi connectivity index (χ1) is 9.44. The van der Waals surface area contributed by atoms with Gasteiger partial charge in [0.1, 0.15) is 0 Å². The van der Waals surface area contributed by atoms with E-state index in [1.54, 1.807) is 42.6 Å². The fraction of sp³-hybridized carbons (Fsp3) is 0.0769. The molecule has 0 aliphatic heterocycles. The van der Waals surface area contributed by atoms with Crippen molar-refractivity contribution in [2.75, 3.05) is 5.32 Å². The van der Waals surface area contributed by atoms with E-state index < -0.39 is 10.0 Å². The van der Waals surface area contributed by atoms with Crippen molar-refractivity contribution in [1.82, 2.24) is 4.98 Å². The van der Waals surface area contributed by atoms with Gasteiger partial charge in [-0.1, -0.05) is 12.1 Å². The predicted octanol–water partition coefficient (Wildman–Crippen LogP) is 1.12. The number of rotatable bonds is 4. The van der Waals surface area contributed by atoms with E-state index in [4.69, 9.17) is 5.14 Å². The number of nitrogens with one attached hydrogen (secondary N) is 1. The minimum atomic E-state index is -3.55. The standard InChI is InChI=1S/C13H13N3O3S/c14-20(18,19)9-10-3-5-12(6-4-10)16-13(17)11-2-1-7-15-8-11/h1-8H,9H2,(H,16,17)(H2,14,18,19). The van der Waals surface area contributed by atoms with Gasteiger partial charge in [-0.3, -0.25) is 9.78 Å². The van der Waals surface area contributed by atoms with Gasteiger partial charge in [0.2, 0.25) is 10.0 Å². The lowest BCUT2D eigenvalue weighted by Gasteiger charge is -2.06. The number of amides is 1. The highest BCUT2D eigenvalue weighted by atomic mass is 32.2. The second-order valence-electron chi connectivity index (χ2n) is 4.20. The molecular weight excluding hydrogens is 278 g/mol. The van der Waals surface area contributed by atoms with E-state index in [0.717, 1.165) is 0 Å². The number of carbonyl (C=O) groups is 1. The van der Waals surface area contributed by atoms with E-state index in [0.29, 0.717) is 16.8 Å². The fourth-order valence-electron chi connectivity index (χ4n) is 1.62. The Morgan fingerprint density at radius 2 is 1.90 bits per heavy atom. The third kappa shape index (κ3) is 4.15. The number of carbonyl (C=O) groups excluding carboxylic acids is 1. The highest BCUT2D eigenvalue weighted by Gasteiger charge is 2.07. The third-order valence-corrected chi connectivity index (χ3v) is 3.24. The molecule has 0 spiro atoms. The summed E-state index contributed by atoms with van der Waals surface area (Å²) in [5, 5.41) is 7.65. The summed E-state index contributed by atoms with van der Waals surface area (Å²) in [6, 6.07) is 9.76. The lowest BCUT2D eigenvalue weighted by atomic mass is 10.2. The molecule has 104 valence electrons. The van der Waals surface area contributed by atoms with Crippen LogP contribution in [0.1, 0.15) is 15.9 Å². The Morgan fingerprint density at radius 1 is 1.20 bits per heavy atom.